The van der Waals surface area contributed by atoms with Crippen molar-refractivity contribution in [3.05, 3.63) is 0 Å². The normalized spacial score (nSPS) is 12.6. The fourth-order valence-electron chi connectivity index (χ4n) is 1.28. The van der Waals surface area contributed by atoms with Crippen molar-refractivity contribution >= 4 is 17.7 Å². The number of nitrogens with two attached hydrogens (primary N) is 1. The summed E-state index contributed by atoms with van der Waals surface area (Å²) in [7, 11) is 0. The van der Waals surface area contributed by atoms with Gasteiger partial charge in [-0.2, -0.15) is 0 Å². The SMILES string of the molecule is CC(C)CC(=O)C(=O)OC(=O)[C@@H](N)CC(C)C. The Hall–Kier alpha value is -1.23. The molecule has 0 fully saturated rings. The first kappa shape index (κ1) is 15.8. The zero-order chi connectivity index (χ0) is 13.6. The molecular formula is C12H21NO4. The van der Waals surface area contributed by atoms with E-state index in [1.165, 1.54) is 0 Å². The second kappa shape index (κ2) is 7.17. The van der Waals surface area contributed by atoms with E-state index in [4.69, 9.17) is 5.73 Å². The fourth-order valence-corrected chi connectivity index (χ4v) is 1.28. The summed E-state index contributed by atoms with van der Waals surface area (Å²) in [6.45, 7) is 7.41. The van der Waals surface area contributed by atoms with Crippen LogP contribution in [0.2, 0.25) is 0 Å². The van der Waals surface area contributed by atoms with E-state index >= 15 is 0 Å². The van der Waals surface area contributed by atoms with Crippen molar-refractivity contribution in [1.29, 1.82) is 0 Å². The van der Waals surface area contributed by atoms with Crippen LogP contribution >= 0.6 is 0 Å². The van der Waals surface area contributed by atoms with Gasteiger partial charge in [0.1, 0.15) is 6.04 Å². The first-order valence-corrected chi connectivity index (χ1v) is 5.78. The first-order valence-electron chi connectivity index (χ1n) is 5.78. The van der Waals surface area contributed by atoms with Crippen molar-refractivity contribution in [2.45, 2.75) is 46.6 Å². The molecule has 0 saturated carbocycles. The molecule has 17 heavy (non-hydrogen) atoms. The molecule has 0 bridgehead atoms. The van der Waals surface area contributed by atoms with Gasteiger partial charge in [0, 0.05) is 6.42 Å². The van der Waals surface area contributed by atoms with E-state index < -0.39 is 23.8 Å². The van der Waals surface area contributed by atoms with Crippen molar-refractivity contribution in [3.8, 4) is 0 Å². The molecule has 0 aromatic heterocycles. The van der Waals surface area contributed by atoms with Crippen molar-refractivity contribution in [1.82, 2.24) is 0 Å². The molecule has 1 atom stereocenters. The average molecular weight is 243 g/mol. The van der Waals surface area contributed by atoms with Gasteiger partial charge in [-0.15, -0.1) is 0 Å². The van der Waals surface area contributed by atoms with E-state index in [9.17, 15) is 14.4 Å². The summed E-state index contributed by atoms with van der Waals surface area (Å²) in [6.07, 6.45) is 0.496. The van der Waals surface area contributed by atoms with Gasteiger partial charge in [0.05, 0.1) is 0 Å². The minimum atomic E-state index is -1.11. The second-order valence-corrected chi connectivity index (χ2v) is 4.97. The van der Waals surface area contributed by atoms with Gasteiger partial charge in [0.25, 0.3) is 0 Å². The van der Waals surface area contributed by atoms with Gasteiger partial charge in [-0.3, -0.25) is 4.79 Å². The van der Waals surface area contributed by atoms with Crippen molar-refractivity contribution in [2.24, 2.45) is 17.6 Å². The lowest BCUT2D eigenvalue weighted by Crippen LogP contribution is -2.36. The van der Waals surface area contributed by atoms with Crippen molar-refractivity contribution in [2.75, 3.05) is 0 Å². The third kappa shape index (κ3) is 6.84. The zero-order valence-corrected chi connectivity index (χ0v) is 10.9. The number of hydrogen-bond donors (Lipinski definition) is 1. The molecular weight excluding hydrogens is 222 g/mol. The molecule has 0 amide bonds. The maximum atomic E-state index is 11.4. The molecule has 0 aromatic carbocycles. The molecule has 98 valence electrons. The lowest BCUT2D eigenvalue weighted by atomic mass is 10.0. The first-order chi connectivity index (χ1) is 7.73. The van der Waals surface area contributed by atoms with Crippen LogP contribution in [0.4, 0.5) is 0 Å². The summed E-state index contributed by atoms with van der Waals surface area (Å²) < 4.78 is 4.42. The van der Waals surface area contributed by atoms with Gasteiger partial charge in [0.2, 0.25) is 5.78 Å². The van der Waals surface area contributed by atoms with Gasteiger partial charge < -0.3 is 10.5 Å². The smallest absolute Gasteiger partial charge is 0.382 e. The predicted molar refractivity (Wildman–Crippen MR) is 63.0 cm³/mol. The Kier molecular flexibility index (Phi) is 6.65. The Morgan fingerprint density at radius 2 is 1.59 bits per heavy atom. The van der Waals surface area contributed by atoms with E-state index in [1.807, 2.05) is 13.8 Å². The molecule has 0 rings (SSSR count). The molecule has 5 heteroatoms. The maximum Gasteiger partial charge on any atom is 0.382 e. The van der Waals surface area contributed by atoms with E-state index in [0.29, 0.717) is 6.42 Å². The average Bonchev–Trinajstić information content (AvgIpc) is 2.15. The van der Waals surface area contributed by atoms with E-state index in [1.54, 1.807) is 13.8 Å². The minimum absolute atomic E-state index is 0.0505. The number of Topliss-reactive ketones (excluding diaryl/α,β-unsaturated/α-hetero) is 1. The Labute approximate surface area is 102 Å². The summed E-state index contributed by atoms with van der Waals surface area (Å²) in [5, 5.41) is 0. The molecule has 2 N–H and O–H groups in total. The number of esters is 2. The lowest BCUT2D eigenvalue weighted by Gasteiger charge is -2.12. The fraction of sp³-hybridized carbons (Fsp3) is 0.750. The third-order valence-electron chi connectivity index (χ3n) is 2.04. The molecule has 0 aliphatic heterocycles. The molecule has 5 nitrogen and oxygen atoms in total. The van der Waals surface area contributed by atoms with Crippen LogP contribution < -0.4 is 5.73 Å². The summed E-state index contributed by atoms with van der Waals surface area (Å²) in [6, 6.07) is -0.856. The Bertz CT molecular complexity index is 297. The van der Waals surface area contributed by atoms with Crippen molar-refractivity contribution < 1.29 is 19.1 Å². The predicted octanol–water partition coefficient (Wildman–Crippen LogP) is 1.04. The third-order valence-corrected chi connectivity index (χ3v) is 2.04. The van der Waals surface area contributed by atoms with Crippen LogP contribution in [0, 0.1) is 11.8 Å². The monoisotopic (exact) mass is 243 g/mol. The minimum Gasteiger partial charge on any atom is -0.386 e. The number of carbonyl (C=O) groups is 3. The quantitative estimate of drug-likeness (QED) is 0.428. The standard InChI is InChI=1S/C12H21NO4/c1-7(2)5-9(13)11(15)17-12(16)10(14)6-8(3)4/h7-9H,5-6,13H2,1-4H3/t9-/m0/s1. The van der Waals surface area contributed by atoms with Gasteiger partial charge in [0.15, 0.2) is 0 Å². The van der Waals surface area contributed by atoms with Gasteiger partial charge in [-0.1, -0.05) is 27.7 Å². The molecule has 0 aliphatic rings. The van der Waals surface area contributed by atoms with Crippen LogP contribution in [0.25, 0.3) is 0 Å². The van der Waals surface area contributed by atoms with Crippen LogP contribution in [-0.4, -0.2) is 23.8 Å². The number of carbonyl (C=O) groups excluding carboxylic acids is 3. The molecule has 0 aliphatic carbocycles. The van der Waals surface area contributed by atoms with E-state index in [2.05, 4.69) is 4.74 Å². The number of ether oxygens (including phenoxy) is 1. The van der Waals surface area contributed by atoms with Gasteiger partial charge in [-0.25, -0.2) is 9.59 Å². The summed E-state index contributed by atoms with van der Waals surface area (Å²) in [5.74, 6) is -2.36. The molecule has 0 aromatic rings. The molecule has 0 spiro atoms. The molecule has 0 radical (unpaired) electrons. The lowest BCUT2D eigenvalue weighted by molar-refractivity contribution is -0.165. The van der Waals surface area contributed by atoms with Crippen molar-refractivity contribution in [3.63, 3.8) is 0 Å². The van der Waals surface area contributed by atoms with Crippen LogP contribution in [-0.2, 0) is 19.1 Å². The zero-order valence-electron chi connectivity index (χ0n) is 10.9. The highest BCUT2D eigenvalue weighted by atomic mass is 16.6. The number of rotatable bonds is 6. The Balaban J connectivity index is 4.20. The Morgan fingerprint density at radius 1 is 1.06 bits per heavy atom. The highest BCUT2D eigenvalue weighted by Gasteiger charge is 2.24. The largest absolute Gasteiger partial charge is 0.386 e. The maximum absolute atomic E-state index is 11.4. The highest BCUT2D eigenvalue weighted by molar-refractivity contribution is 6.35. The van der Waals surface area contributed by atoms with E-state index in [-0.39, 0.29) is 18.3 Å². The molecule has 0 heterocycles. The summed E-state index contributed by atoms with van der Waals surface area (Å²) in [4.78, 5) is 33.9. The van der Waals surface area contributed by atoms with Gasteiger partial charge >= 0.3 is 11.9 Å². The Morgan fingerprint density at radius 3 is 2.00 bits per heavy atom. The topological polar surface area (TPSA) is 86.5 Å². The molecule has 0 unspecified atom stereocenters. The number of ketones is 1. The summed E-state index contributed by atoms with van der Waals surface area (Å²) in [5.41, 5.74) is 5.53. The van der Waals surface area contributed by atoms with Crippen LogP contribution in [0.3, 0.4) is 0 Å². The van der Waals surface area contributed by atoms with Crippen LogP contribution in [0.5, 0.6) is 0 Å². The molecule has 0 saturated heterocycles. The van der Waals surface area contributed by atoms with Crippen LogP contribution in [0.1, 0.15) is 40.5 Å². The highest BCUT2D eigenvalue weighted by Crippen LogP contribution is 2.06. The summed E-state index contributed by atoms with van der Waals surface area (Å²) >= 11 is 0. The van der Waals surface area contributed by atoms with Gasteiger partial charge in [-0.05, 0) is 18.3 Å². The number of hydrogen-bond acceptors (Lipinski definition) is 5. The van der Waals surface area contributed by atoms with E-state index in [0.717, 1.165) is 0 Å². The van der Waals surface area contributed by atoms with Crippen LogP contribution in [0.15, 0.2) is 0 Å². The second-order valence-electron chi connectivity index (χ2n) is 4.97.